The molecule has 20 heavy (non-hydrogen) atoms. The van der Waals surface area contributed by atoms with E-state index in [2.05, 4.69) is 19.2 Å². The molecular weight excluding hydrogens is 254 g/mol. The lowest BCUT2D eigenvalue weighted by Gasteiger charge is -2.53. The molecule has 112 valence electrons. The van der Waals surface area contributed by atoms with E-state index >= 15 is 0 Å². The highest BCUT2D eigenvalue weighted by atomic mass is 16.5. The van der Waals surface area contributed by atoms with E-state index < -0.39 is 0 Å². The lowest BCUT2D eigenvalue weighted by molar-refractivity contribution is -0.0695. The summed E-state index contributed by atoms with van der Waals surface area (Å²) in [5.74, 6) is 2.14. The summed E-state index contributed by atoms with van der Waals surface area (Å²) < 4.78 is 17.0. The van der Waals surface area contributed by atoms with E-state index in [1.807, 2.05) is 25.2 Å². The highest BCUT2D eigenvalue weighted by Crippen LogP contribution is 2.48. The van der Waals surface area contributed by atoms with Crippen molar-refractivity contribution in [2.45, 2.75) is 38.8 Å². The second-order valence-corrected chi connectivity index (χ2v) is 5.53. The van der Waals surface area contributed by atoms with Gasteiger partial charge >= 0.3 is 0 Å². The van der Waals surface area contributed by atoms with Crippen molar-refractivity contribution >= 4 is 0 Å². The van der Waals surface area contributed by atoms with Gasteiger partial charge in [0.15, 0.2) is 11.5 Å². The van der Waals surface area contributed by atoms with Gasteiger partial charge in [-0.25, -0.2) is 0 Å². The van der Waals surface area contributed by atoms with Gasteiger partial charge in [-0.15, -0.1) is 0 Å². The van der Waals surface area contributed by atoms with Crippen LogP contribution in [0, 0.1) is 5.41 Å². The average Bonchev–Trinajstić information content (AvgIpc) is 2.49. The maximum absolute atomic E-state index is 6.24. The van der Waals surface area contributed by atoms with Crippen molar-refractivity contribution in [2.75, 3.05) is 21.3 Å². The van der Waals surface area contributed by atoms with Gasteiger partial charge in [-0.1, -0.05) is 19.9 Å². The van der Waals surface area contributed by atoms with Crippen LogP contribution in [0.2, 0.25) is 0 Å². The zero-order valence-corrected chi connectivity index (χ0v) is 13.0. The zero-order chi connectivity index (χ0) is 14.8. The Kier molecular flexibility index (Phi) is 4.43. The first-order valence-electron chi connectivity index (χ1n) is 7.15. The van der Waals surface area contributed by atoms with Crippen LogP contribution in [0.4, 0.5) is 0 Å². The SMILES string of the molecule is CCC1(C)C(NC)CC1Oc1c(OC)cccc1OC. The maximum atomic E-state index is 6.24. The number of rotatable bonds is 6. The van der Waals surface area contributed by atoms with Crippen LogP contribution in [0.5, 0.6) is 17.2 Å². The number of nitrogens with one attached hydrogen (secondary N) is 1. The van der Waals surface area contributed by atoms with Gasteiger partial charge in [0.2, 0.25) is 5.75 Å². The Morgan fingerprint density at radius 1 is 1.25 bits per heavy atom. The molecule has 3 unspecified atom stereocenters. The molecule has 4 nitrogen and oxygen atoms in total. The van der Waals surface area contributed by atoms with Crippen LogP contribution < -0.4 is 19.5 Å². The molecular formula is C16H25NO3. The van der Waals surface area contributed by atoms with Crippen LogP contribution in [-0.2, 0) is 0 Å². The molecule has 1 N–H and O–H groups in total. The van der Waals surface area contributed by atoms with Crippen LogP contribution in [0.1, 0.15) is 26.7 Å². The van der Waals surface area contributed by atoms with Crippen LogP contribution in [0.15, 0.2) is 18.2 Å². The number of benzene rings is 1. The Hall–Kier alpha value is -1.42. The first-order chi connectivity index (χ1) is 9.60. The van der Waals surface area contributed by atoms with Gasteiger partial charge in [0.05, 0.1) is 14.2 Å². The van der Waals surface area contributed by atoms with E-state index in [1.165, 1.54) is 0 Å². The predicted molar refractivity (Wildman–Crippen MR) is 79.8 cm³/mol. The van der Waals surface area contributed by atoms with Crippen molar-refractivity contribution in [2.24, 2.45) is 5.41 Å². The second-order valence-electron chi connectivity index (χ2n) is 5.53. The van der Waals surface area contributed by atoms with Crippen molar-refractivity contribution in [1.29, 1.82) is 0 Å². The van der Waals surface area contributed by atoms with Crippen molar-refractivity contribution in [3.8, 4) is 17.2 Å². The van der Waals surface area contributed by atoms with E-state index in [0.717, 1.165) is 24.3 Å². The van der Waals surface area contributed by atoms with Gasteiger partial charge in [0.25, 0.3) is 0 Å². The van der Waals surface area contributed by atoms with Gasteiger partial charge in [-0.05, 0) is 25.6 Å². The molecule has 1 fully saturated rings. The fourth-order valence-electron chi connectivity index (χ4n) is 3.00. The molecule has 0 bridgehead atoms. The lowest BCUT2D eigenvalue weighted by atomic mass is 9.61. The Balaban J connectivity index is 2.23. The molecule has 0 heterocycles. The number of ether oxygens (including phenoxy) is 3. The standard InChI is InChI=1S/C16H25NO3/c1-6-16(2)13(17-3)10-14(16)20-15-11(18-4)8-7-9-12(15)19-5/h7-9,13-14,17H,6,10H2,1-5H3. The van der Waals surface area contributed by atoms with Crippen molar-refractivity contribution in [1.82, 2.24) is 5.32 Å². The van der Waals surface area contributed by atoms with Gasteiger partial charge in [0, 0.05) is 17.9 Å². The summed E-state index contributed by atoms with van der Waals surface area (Å²) in [5.41, 5.74) is 0.139. The fourth-order valence-corrected chi connectivity index (χ4v) is 3.00. The number of hydrogen-bond donors (Lipinski definition) is 1. The first kappa shape index (κ1) is 15.0. The summed E-state index contributed by atoms with van der Waals surface area (Å²) in [6.45, 7) is 4.48. The van der Waals surface area contributed by atoms with Gasteiger partial charge in [-0.3, -0.25) is 0 Å². The van der Waals surface area contributed by atoms with Crippen molar-refractivity contribution in [3.63, 3.8) is 0 Å². The topological polar surface area (TPSA) is 39.7 Å². The Bertz CT molecular complexity index is 441. The largest absolute Gasteiger partial charge is 0.493 e. The second kappa shape index (κ2) is 5.92. The monoisotopic (exact) mass is 279 g/mol. The first-order valence-corrected chi connectivity index (χ1v) is 7.15. The quantitative estimate of drug-likeness (QED) is 0.869. The summed E-state index contributed by atoms with van der Waals surface area (Å²) in [7, 11) is 5.31. The third-order valence-corrected chi connectivity index (χ3v) is 4.73. The molecule has 1 aromatic carbocycles. The summed E-state index contributed by atoms with van der Waals surface area (Å²) in [5, 5.41) is 3.37. The van der Waals surface area contributed by atoms with Gasteiger partial charge in [-0.2, -0.15) is 0 Å². The van der Waals surface area contributed by atoms with Crippen LogP contribution in [0.3, 0.4) is 0 Å². The lowest BCUT2D eigenvalue weighted by Crippen LogP contribution is -2.62. The minimum atomic E-state index is 0.139. The van der Waals surface area contributed by atoms with E-state index in [9.17, 15) is 0 Å². The average molecular weight is 279 g/mol. The van der Waals surface area contributed by atoms with E-state index in [4.69, 9.17) is 14.2 Å². The van der Waals surface area contributed by atoms with Crippen LogP contribution in [-0.4, -0.2) is 33.4 Å². The molecule has 0 saturated heterocycles. The normalized spacial score (nSPS) is 28.6. The van der Waals surface area contributed by atoms with E-state index in [1.54, 1.807) is 14.2 Å². The zero-order valence-electron chi connectivity index (χ0n) is 13.0. The predicted octanol–water partition coefficient (Wildman–Crippen LogP) is 2.86. The van der Waals surface area contributed by atoms with Gasteiger partial charge < -0.3 is 19.5 Å². The molecule has 1 saturated carbocycles. The van der Waals surface area contributed by atoms with Crippen LogP contribution in [0.25, 0.3) is 0 Å². The molecule has 1 aliphatic rings. The summed E-state index contributed by atoms with van der Waals surface area (Å²) in [4.78, 5) is 0. The van der Waals surface area contributed by atoms with Crippen molar-refractivity contribution in [3.05, 3.63) is 18.2 Å². The molecule has 4 heteroatoms. The molecule has 3 atom stereocenters. The Morgan fingerprint density at radius 2 is 1.85 bits per heavy atom. The smallest absolute Gasteiger partial charge is 0.203 e. The molecule has 0 aromatic heterocycles. The number of hydrogen-bond acceptors (Lipinski definition) is 4. The molecule has 0 amide bonds. The maximum Gasteiger partial charge on any atom is 0.203 e. The number of methoxy groups -OCH3 is 2. The number of para-hydroxylation sites is 1. The molecule has 0 spiro atoms. The Labute approximate surface area is 121 Å². The van der Waals surface area contributed by atoms with E-state index in [-0.39, 0.29) is 11.5 Å². The molecule has 2 rings (SSSR count). The minimum absolute atomic E-state index is 0.139. The van der Waals surface area contributed by atoms with Crippen molar-refractivity contribution < 1.29 is 14.2 Å². The highest BCUT2D eigenvalue weighted by molar-refractivity contribution is 5.51. The van der Waals surface area contributed by atoms with Crippen LogP contribution >= 0.6 is 0 Å². The molecule has 0 radical (unpaired) electrons. The third kappa shape index (κ3) is 2.33. The summed E-state index contributed by atoms with van der Waals surface area (Å²) in [6.07, 6.45) is 2.25. The minimum Gasteiger partial charge on any atom is -0.493 e. The third-order valence-electron chi connectivity index (χ3n) is 4.73. The molecule has 1 aliphatic carbocycles. The molecule has 1 aromatic rings. The Morgan fingerprint density at radius 3 is 2.30 bits per heavy atom. The van der Waals surface area contributed by atoms with E-state index in [0.29, 0.717) is 11.8 Å². The van der Waals surface area contributed by atoms with Gasteiger partial charge in [0.1, 0.15) is 6.10 Å². The summed E-state index contributed by atoms with van der Waals surface area (Å²) >= 11 is 0. The molecule has 0 aliphatic heterocycles. The highest BCUT2D eigenvalue weighted by Gasteiger charge is 2.51. The fraction of sp³-hybridized carbons (Fsp3) is 0.625. The summed E-state index contributed by atoms with van der Waals surface area (Å²) in [6, 6.07) is 6.20.